The van der Waals surface area contributed by atoms with E-state index in [0.717, 1.165) is 37.8 Å². The van der Waals surface area contributed by atoms with E-state index in [1.807, 2.05) is 12.1 Å². The van der Waals surface area contributed by atoms with Crippen LogP contribution in [0.25, 0.3) is 0 Å². The number of fused-ring (bicyclic) bond motifs is 1. The van der Waals surface area contributed by atoms with E-state index in [9.17, 15) is 10.2 Å². The van der Waals surface area contributed by atoms with Gasteiger partial charge in [0.15, 0.2) is 0 Å². The van der Waals surface area contributed by atoms with Crippen LogP contribution in [-0.4, -0.2) is 14.8 Å². The molecule has 0 saturated heterocycles. The van der Waals surface area contributed by atoms with Crippen LogP contribution in [0.2, 0.25) is 0 Å². The fourth-order valence-electron chi connectivity index (χ4n) is 2.85. The smallest absolute Gasteiger partial charge is 0.115 e. The van der Waals surface area contributed by atoms with Crippen molar-refractivity contribution in [3.63, 3.8) is 0 Å². The van der Waals surface area contributed by atoms with Crippen LogP contribution in [0.4, 0.5) is 0 Å². The van der Waals surface area contributed by atoms with Gasteiger partial charge in [0, 0.05) is 24.0 Å². The monoisotopic (exact) mass is 257 g/mol. The fraction of sp³-hybridized carbons (Fsp3) is 0.375. The summed E-state index contributed by atoms with van der Waals surface area (Å²) in [4.78, 5) is 0. The van der Waals surface area contributed by atoms with Gasteiger partial charge in [-0.1, -0.05) is 12.1 Å². The SMILES string of the molecule is Oc1ccc(CCn2ccc3c2CCCC3O)cc1. The standard InChI is InChI=1S/C16H19NO2/c18-13-6-4-12(5-7-13)8-10-17-11-9-14-15(17)2-1-3-16(14)19/h4-7,9,11,16,18-19H,1-3,8,10H2. The van der Waals surface area contributed by atoms with E-state index in [4.69, 9.17) is 0 Å². The summed E-state index contributed by atoms with van der Waals surface area (Å²) in [6.45, 7) is 0.923. The van der Waals surface area contributed by atoms with Crippen molar-refractivity contribution >= 4 is 0 Å². The molecule has 0 bridgehead atoms. The van der Waals surface area contributed by atoms with Crippen LogP contribution in [0, 0.1) is 0 Å². The van der Waals surface area contributed by atoms with E-state index >= 15 is 0 Å². The van der Waals surface area contributed by atoms with Gasteiger partial charge in [-0.2, -0.15) is 0 Å². The van der Waals surface area contributed by atoms with Crippen LogP contribution in [0.1, 0.15) is 35.8 Å². The van der Waals surface area contributed by atoms with Gasteiger partial charge in [0.1, 0.15) is 5.75 Å². The molecule has 3 nitrogen and oxygen atoms in total. The van der Waals surface area contributed by atoms with Gasteiger partial charge < -0.3 is 14.8 Å². The predicted octanol–water partition coefficient (Wildman–Crippen LogP) is 2.81. The van der Waals surface area contributed by atoms with E-state index in [1.165, 1.54) is 11.3 Å². The Hall–Kier alpha value is -1.74. The molecule has 2 aromatic rings. The quantitative estimate of drug-likeness (QED) is 0.888. The summed E-state index contributed by atoms with van der Waals surface area (Å²) in [6, 6.07) is 9.42. The summed E-state index contributed by atoms with van der Waals surface area (Å²) >= 11 is 0. The molecule has 0 amide bonds. The van der Waals surface area contributed by atoms with Crippen LogP contribution in [0.15, 0.2) is 36.5 Å². The molecule has 3 rings (SSSR count). The Morgan fingerprint density at radius 1 is 1.16 bits per heavy atom. The van der Waals surface area contributed by atoms with Gasteiger partial charge in [-0.15, -0.1) is 0 Å². The summed E-state index contributed by atoms with van der Waals surface area (Å²) in [6.07, 6.45) is 5.76. The molecule has 1 aromatic heterocycles. The zero-order valence-corrected chi connectivity index (χ0v) is 10.9. The first kappa shape index (κ1) is 12.3. The number of phenolic OH excluding ortho intramolecular Hbond substituents is 1. The Morgan fingerprint density at radius 3 is 2.74 bits per heavy atom. The largest absolute Gasteiger partial charge is 0.508 e. The molecule has 19 heavy (non-hydrogen) atoms. The molecule has 0 aliphatic heterocycles. The second-order valence-electron chi connectivity index (χ2n) is 5.24. The van der Waals surface area contributed by atoms with E-state index in [1.54, 1.807) is 12.1 Å². The molecule has 0 fully saturated rings. The van der Waals surface area contributed by atoms with Crippen LogP contribution < -0.4 is 0 Å². The Kier molecular flexibility index (Phi) is 3.30. The lowest BCUT2D eigenvalue weighted by Gasteiger charge is -2.20. The van der Waals surface area contributed by atoms with Crippen LogP contribution in [0.3, 0.4) is 0 Å². The molecule has 1 aliphatic carbocycles. The maximum atomic E-state index is 9.95. The number of hydrogen-bond donors (Lipinski definition) is 2. The minimum absolute atomic E-state index is 0.279. The zero-order valence-electron chi connectivity index (χ0n) is 10.9. The first-order valence-corrected chi connectivity index (χ1v) is 6.88. The van der Waals surface area contributed by atoms with E-state index in [0.29, 0.717) is 5.75 Å². The highest BCUT2D eigenvalue weighted by Crippen LogP contribution is 2.30. The minimum atomic E-state index is -0.279. The van der Waals surface area contributed by atoms with Gasteiger partial charge in [0.25, 0.3) is 0 Å². The van der Waals surface area contributed by atoms with Gasteiger partial charge in [0.05, 0.1) is 6.10 Å². The molecule has 0 spiro atoms. The number of rotatable bonds is 3. The third-order valence-electron chi connectivity index (χ3n) is 3.94. The lowest BCUT2D eigenvalue weighted by molar-refractivity contribution is 0.155. The third-order valence-corrected chi connectivity index (χ3v) is 3.94. The Bertz CT molecular complexity index is 557. The summed E-state index contributed by atoms with van der Waals surface area (Å²) in [5.41, 5.74) is 3.62. The highest BCUT2D eigenvalue weighted by Gasteiger charge is 2.20. The van der Waals surface area contributed by atoms with Crippen LogP contribution >= 0.6 is 0 Å². The number of benzene rings is 1. The average Bonchev–Trinajstić information content (AvgIpc) is 2.83. The lowest BCUT2D eigenvalue weighted by Crippen LogP contribution is -2.12. The molecular formula is C16H19NO2. The average molecular weight is 257 g/mol. The number of aliphatic hydroxyl groups is 1. The number of hydrogen-bond acceptors (Lipinski definition) is 2. The molecule has 1 heterocycles. The molecule has 2 N–H and O–H groups in total. The molecule has 1 atom stereocenters. The zero-order chi connectivity index (χ0) is 13.2. The number of aromatic nitrogens is 1. The fourth-order valence-corrected chi connectivity index (χ4v) is 2.85. The first-order valence-electron chi connectivity index (χ1n) is 6.88. The van der Waals surface area contributed by atoms with Crippen molar-refractivity contribution in [2.75, 3.05) is 0 Å². The number of nitrogens with zero attached hydrogens (tertiary/aromatic N) is 1. The van der Waals surface area contributed by atoms with Gasteiger partial charge >= 0.3 is 0 Å². The summed E-state index contributed by atoms with van der Waals surface area (Å²) in [7, 11) is 0. The minimum Gasteiger partial charge on any atom is -0.508 e. The van der Waals surface area contributed by atoms with E-state index < -0.39 is 0 Å². The second kappa shape index (κ2) is 5.10. The van der Waals surface area contributed by atoms with Crippen molar-refractivity contribution in [3.05, 3.63) is 53.3 Å². The van der Waals surface area contributed by atoms with Gasteiger partial charge in [-0.3, -0.25) is 0 Å². The Balaban J connectivity index is 1.72. The molecular weight excluding hydrogens is 238 g/mol. The predicted molar refractivity (Wildman–Crippen MR) is 74.1 cm³/mol. The van der Waals surface area contributed by atoms with Gasteiger partial charge in [-0.25, -0.2) is 0 Å². The molecule has 100 valence electrons. The van der Waals surface area contributed by atoms with Crippen molar-refractivity contribution in [1.29, 1.82) is 0 Å². The number of aryl methyl sites for hydroxylation is 2. The van der Waals surface area contributed by atoms with Crippen molar-refractivity contribution in [2.24, 2.45) is 0 Å². The van der Waals surface area contributed by atoms with Crippen molar-refractivity contribution in [2.45, 2.75) is 38.3 Å². The lowest BCUT2D eigenvalue weighted by atomic mass is 9.95. The summed E-state index contributed by atoms with van der Waals surface area (Å²) < 4.78 is 2.25. The van der Waals surface area contributed by atoms with E-state index in [2.05, 4.69) is 16.8 Å². The van der Waals surface area contributed by atoms with Gasteiger partial charge in [-0.05, 0) is 49.4 Å². The third kappa shape index (κ3) is 2.51. The maximum Gasteiger partial charge on any atom is 0.115 e. The van der Waals surface area contributed by atoms with Gasteiger partial charge in [0.2, 0.25) is 0 Å². The number of aliphatic hydroxyl groups excluding tert-OH is 1. The number of aromatic hydroxyl groups is 1. The molecule has 3 heteroatoms. The molecule has 1 aromatic carbocycles. The second-order valence-corrected chi connectivity index (χ2v) is 5.24. The number of phenols is 1. The maximum absolute atomic E-state index is 9.95. The topological polar surface area (TPSA) is 45.4 Å². The van der Waals surface area contributed by atoms with Crippen LogP contribution in [-0.2, 0) is 19.4 Å². The molecule has 0 radical (unpaired) electrons. The highest BCUT2D eigenvalue weighted by molar-refractivity contribution is 5.28. The van der Waals surface area contributed by atoms with E-state index in [-0.39, 0.29) is 6.10 Å². The first-order chi connectivity index (χ1) is 9.24. The highest BCUT2D eigenvalue weighted by atomic mass is 16.3. The van der Waals surface area contributed by atoms with Crippen LogP contribution in [0.5, 0.6) is 5.75 Å². The Labute approximate surface area is 113 Å². The summed E-state index contributed by atoms with van der Waals surface area (Å²) in [5, 5.41) is 19.2. The molecule has 0 saturated carbocycles. The Morgan fingerprint density at radius 2 is 1.95 bits per heavy atom. The molecule has 1 aliphatic rings. The normalized spacial score (nSPS) is 18.3. The van der Waals surface area contributed by atoms with Crippen molar-refractivity contribution < 1.29 is 10.2 Å². The summed E-state index contributed by atoms with van der Waals surface area (Å²) in [5.74, 6) is 0.310. The van der Waals surface area contributed by atoms with Crippen molar-refractivity contribution in [1.82, 2.24) is 4.57 Å². The molecule has 1 unspecified atom stereocenters. The van der Waals surface area contributed by atoms with Crippen molar-refractivity contribution in [3.8, 4) is 5.75 Å².